The summed E-state index contributed by atoms with van der Waals surface area (Å²) in [5, 5.41) is 0. The number of primary amides is 1. The van der Waals surface area contributed by atoms with Crippen LogP contribution in [-0.2, 0) is 9.59 Å². The molecule has 16 heavy (non-hydrogen) atoms. The first-order valence-corrected chi connectivity index (χ1v) is 5.59. The second-order valence-electron chi connectivity index (χ2n) is 4.04. The Labute approximate surface area is 95.5 Å². The Morgan fingerprint density at radius 1 is 1.25 bits per heavy atom. The minimum Gasteiger partial charge on any atom is -0.370 e. The van der Waals surface area contributed by atoms with E-state index in [4.69, 9.17) is 11.5 Å². The molecule has 1 atom stereocenters. The first-order valence-electron chi connectivity index (χ1n) is 5.59. The van der Waals surface area contributed by atoms with Crippen molar-refractivity contribution in [3.05, 3.63) is 0 Å². The fourth-order valence-electron chi connectivity index (χ4n) is 1.82. The molecule has 0 spiro atoms. The van der Waals surface area contributed by atoms with Crippen molar-refractivity contribution in [2.75, 3.05) is 32.7 Å². The van der Waals surface area contributed by atoms with Gasteiger partial charge in [0.1, 0.15) is 0 Å². The Morgan fingerprint density at radius 3 is 2.25 bits per heavy atom. The van der Waals surface area contributed by atoms with Gasteiger partial charge in [-0.25, -0.2) is 0 Å². The molecule has 1 saturated heterocycles. The topological polar surface area (TPSA) is 92.7 Å². The third-order valence-corrected chi connectivity index (χ3v) is 2.87. The summed E-state index contributed by atoms with van der Waals surface area (Å²) >= 11 is 0. The zero-order valence-electron chi connectivity index (χ0n) is 9.69. The van der Waals surface area contributed by atoms with E-state index in [1.54, 1.807) is 4.90 Å². The molecule has 92 valence electrons. The first kappa shape index (κ1) is 12.9. The van der Waals surface area contributed by atoms with Crippen molar-refractivity contribution < 1.29 is 9.59 Å². The molecule has 0 aromatic carbocycles. The van der Waals surface area contributed by atoms with Gasteiger partial charge in [0.05, 0.1) is 12.5 Å². The van der Waals surface area contributed by atoms with E-state index >= 15 is 0 Å². The molecule has 0 saturated carbocycles. The van der Waals surface area contributed by atoms with Crippen LogP contribution in [0, 0.1) is 0 Å². The summed E-state index contributed by atoms with van der Waals surface area (Å²) < 4.78 is 0. The highest BCUT2D eigenvalue weighted by atomic mass is 16.2. The van der Waals surface area contributed by atoms with Gasteiger partial charge >= 0.3 is 0 Å². The summed E-state index contributed by atoms with van der Waals surface area (Å²) in [6.07, 6.45) is -0.0766. The summed E-state index contributed by atoms with van der Waals surface area (Å²) in [6, 6.07) is -0.786. The molecule has 6 heteroatoms. The van der Waals surface area contributed by atoms with E-state index in [0.29, 0.717) is 13.1 Å². The molecule has 6 nitrogen and oxygen atoms in total. The van der Waals surface area contributed by atoms with Gasteiger partial charge in [0.15, 0.2) is 0 Å². The van der Waals surface area contributed by atoms with Crippen LogP contribution < -0.4 is 11.5 Å². The van der Waals surface area contributed by atoms with Crippen molar-refractivity contribution in [2.45, 2.75) is 19.4 Å². The fraction of sp³-hybridized carbons (Fsp3) is 0.800. The van der Waals surface area contributed by atoms with E-state index in [2.05, 4.69) is 11.8 Å². The smallest absolute Gasteiger partial charge is 0.240 e. The van der Waals surface area contributed by atoms with Crippen molar-refractivity contribution >= 4 is 11.8 Å². The number of nitrogens with two attached hydrogens (primary N) is 2. The highest BCUT2D eigenvalue weighted by molar-refractivity contribution is 5.87. The van der Waals surface area contributed by atoms with Gasteiger partial charge in [-0.15, -0.1) is 0 Å². The predicted octanol–water partition coefficient (Wildman–Crippen LogP) is -1.65. The number of rotatable bonds is 4. The molecule has 2 amide bonds. The number of carbonyl (C=O) groups excluding carboxylic acids is 2. The number of likely N-dealkylation sites (N-methyl/N-ethyl adjacent to an activating group) is 1. The van der Waals surface area contributed by atoms with E-state index < -0.39 is 11.9 Å². The molecule has 0 aromatic rings. The van der Waals surface area contributed by atoms with Gasteiger partial charge in [0, 0.05) is 26.2 Å². The molecule has 1 rings (SSSR count). The molecule has 4 N–H and O–H groups in total. The van der Waals surface area contributed by atoms with Gasteiger partial charge in [0.25, 0.3) is 0 Å². The van der Waals surface area contributed by atoms with Crippen LogP contribution in [0.15, 0.2) is 0 Å². The van der Waals surface area contributed by atoms with Crippen LogP contribution in [0.25, 0.3) is 0 Å². The first-order chi connectivity index (χ1) is 7.54. The Kier molecular flexibility index (Phi) is 4.70. The van der Waals surface area contributed by atoms with E-state index in [9.17, 15) is 9.59 Å². The van der Waals surface area contributed by atoms with E-state index in [1.165, 1.54) is 0 Å². The Hall–Kier alpha value is -1.14. The standard InChI is InChI=1S/C10H20N4O2/c1-2-13-3-5-14(6-4-13)10(16)8(11)7-9(12)15/h8H,2-7,11H2,1H3,(H2,12,15). The van der Waals surface area contributed by atoms with Gasteiger partial charge in [-0.3, -0.25) is 9.59 Å². The zero-order valence-corrected chi connectivity index (χ0v) is 9.69. The van der Waals surface area contributed by atoms with Gasteiger partial charge < -0.3 is 21.3 Å². The van der Waals surface area contributed by atoms with Crippen molar-refractivity contribution in [1.82, 2.24) is 9.80 Å². The summed E-state index contributed by atoms with van der Waals surface area (Å²) in [4.78, 5) is 26.4. The molecule has 0 aromatic heterocycles. The van der Waals surface area contributed by atoms with Gasteiger partial charge in [-0.1, -0.05) is 6.92 Å². The van der Waals surface area contributed by atoms with Crippen molar-refractivity contribution in [3.63, 3.8) is 0 Å². The average molecular weight is 228 g/mol. The summed E-state index contributed by atoms with van der Waals surface area (Å²) in [5.41, 5.74) is 10.6. The highest BCUT2D eigenvalue weighted by Gasteiger charge is 2.25. The van der Waals surface area contributed by atoms with Crippen molar-refractivity contribution in [2.24, 2.45) is 11.5 Å². The maximum Gasteiger partial charge on any atom is 0.240 e. The summed E-state index contributed by atoms with van der Waals surface area (Å²) in [7, 11) is 0. The third kappa shape index (κ3) is 3.46. The minimum absolute atomic E-state index is 0.0766. The SMILES string of the molecule is CCN1CCN(C(=O)C(N)CC(N)=O)CC1. The largest absolute Gasteiger partial charge is 0.370 e. The Bertz CT molecular complexity index is 262. The molecule has 0 radical (unpaired) electrons. The van der Waals surface area contributed by atoms with Gasteiger partial charge in [-0.05, 0) is 6.54 Å². The van der Waals surface area contributed by atoms with Crippen LogP contribution in [-0.4, -0.2) is 60.4 Å². The molecular weight excluding hydrogens is 208 g/mol. The maximum absolute atomic E-state index is 11.8. The van der Waals surface area contributed by atoms with Crippen molar-refractivity contribution in [3.8, 4) is 0 Å². The minimum atomic E-state index is -0.786. The van der Waals surface area contributed by atoms with Crippen LogP contribution in [0.4, 0.5) is 0 Å². The maximum atomic E-state index is 11.8. The Balaban J connectivity index is 2.40. The number of piperazine rings is 1. The molecule has 1 aliphatic heterocycles. The second kappa shape index (κ2) is 5.81. The van der Waals surface area contributed by atoms with Crippen LogP contribution in [0.2, 0.25) is 0 Å². The van der Waals surface area contributed by atoms with Crippen LogP contribution in [0.5, 0.6) is 0 Å². The lowest BCUT2D eigenvalue weighted by molar-refractivity contribution is -0.136. The number of hydrogen-bond donors (Lipinski definition) is 2. The molecule has 1 fully saturated rings. The number of nitrogens with zero attached hydrogens (tertiary/aromatic N) is 2. The van der Waals surface area contributed by atoms with Crippen LogP contribution in [0.1, 0.15) is 13.3 Å². The normalized spacial score (nSPS) is 19.5. The lowest BCUT2D eigenvalue weighted by Crippen LogP contribution is -2.53. The van der Waals surface area contributed by atoms with Crippen molar-refractivity contribution in [1.29, 1.82) is 0 Å². The quantitative estimate of drug-likeness (QED) is 0.603. The number of hydrogen-bond acceptors (Lipinski definition) is 4. The van der Waals surface area contributed by atoms with E-state index in [-0.39, 0.29) is 12.3 Å². The molecule has 1 aliphatic rings. The van der Waals surface area contributed by atoms with Gasteiger partial charge in [-0.2, -0.15) is 0 Å². The van der Waals surface area contributed by atoms with Crippen LogP contribution in [0.3, 0.4) is 0 Å². The lowest BCUT2D eigenvalue weighted by atomic mass is 10.1. The van der Waals surface area contributed by atoms with Gasteiger partial charge in [0.2, 0.25) is 11.8 Å². The predicted molar refractivity (Wildman–Crippen MR) is 60.5 cm³/mol. The average Bonchev–Trinajstić information content (AvgIpc) is 2.27. The zero-order chi connectivity index (χ0) is 12.1. The highest BCUT2D eigenvalue weighted by Crippen LogP contribution is 2.04. The van der Waals surface area contributed by atoms with Crippen LogP contribution >= 0.6 is 0 Å². The second-order valence-corrected chi connectivity index (χ2v) is 4.04. The van der Waals surface area contributed by atoms with E-state index in [1.807, 2.05) is 0 Å². The fourth-order valence-corrected chi connectivity index (χ4v) is 1.82. The molecule has 1 unspecified atom stereocenters. The monoisotopic (exact) mass is 228 g/mol. The summed E-state index contributed by atoms with van der Waals surface area (Å²) in [6.45, 7) is 6.18. The molecule has 0 bridgehead atoms. The molecule has 0 aliphatic carbocycles. The molecule has 1 heterocycles. The number of amides is 2. The van der Waals surface area contributed by atoms with E-state index in [0.717, 1.165) is 19.6 Å². The summed E-state index contributed by atoms with van der Waals surface area (Å²) in [5.74, 6) is -0.706. The third-order valence-electron chi connectivity index (χ3n) is 2.87. The number of carbonyl (C=O) groups is 2. The molecular formula is C10H20N4O2. The Morgan fingerprint density at radius 2 is 1.81 bits per heavy atom. The lowest BCUT2D eigenvalue weighted by Gasteiger charge is -2.35.